The lowest BCUT2D eigenvalue weighted by Gasteiger charge is -2.36. The molecule has 1 saturated heterocycles. The summed E-state index contributed by atoms with van der Waals surface area (Å²) in [5.74, 6) is -0.255. The van der Waals surface area contributed by atoms with Crippen LogP contribution in [0.2, 0.25) is 0 Å². The molecule has 5 rings (SSSR count). The topological polar surface area (TPSA) is 105 Å². The summed E-state index contributed by atoms with van der Waals surface area (Å²) in [6, 6.07) is 5.94. The molecule has 11 heteroatoms. The standard InChI is InChI=1S/C34H46FN5O4S/c1-22(2)40(23(3)4)34(42)29-18-26(35)8-11-31(29)39-21-30(28-12-15-36-19-32(28)39)33(41)25-13-16-38(17-14-25)20-24-6-9-27(10-7-24)37-45(5,43)44/h8,11-12,15,18-19,21-25,27,37H,6-7,9-10,13-14,16-17,20H2,1-5H3. The molecule has 1 aliphatic carbocycles. The van der Waals surface area contributed by atoms with Crippen LogP contribution in [0.15, 0.2) is 42.9 Å². The number of likely N-dealkylation sites (tertiary alicyclic amines) is 1. The fourth-order valence-corrected chi connectivity index (χ4v) is 8.13. The first kappa shape index (κ1) is 33.2. The van der Waals surface area contributed by atoms with E-state index >= 15 is 0 Å². The molecule has 1 amide bonds. The Morgan fingerprint density at radius 2 is 1.67 bits per heavy atom. The summed E-state index contributed by atoms with van der Waals surface area (Å²) in [6.45, 7) is 10.4. The molecule has 2 aliphatic rings. The van der Waals surface area contributed by atoms with E-state index in [1.165, 1.54) is 18.4 Å². The van der Waals surface area contributed by atoms with Crippen LogP contribution < -0.4 is 4.72 Å². The van der Waals surface area contributed by atoms with E-state index in [9.17, 15) is 22.4 Å². The molecule has 1 aromatic carbocycles. The molecule has 9 nitrogen and oxygen atoms in total. The number of nitrogens with zero attached hydrogens (tertiary/aromatic N) is 4. The number of sulfonamides is 1. The summed E-state index contributed by atoms with van der Waals surface area (Å²) >= 11 is 0. The zero-order valence-electron chi connectivity index (χ0n) is 27.0. The van der Waals surface area contributed by atoms with Gasteiger partial charge in [0.2, 0.25) is 10.0 Å². The maximum atomic E-state index is 14.6. The predicted molar refractivity (Wildman–Crippen MR) is 175 cm³/mol. The second kappa shape index (κ2) is 13.7. The highest BCUT2D eigenvalue weighted by molar-refractivity contribution is 7.88. The van der Waals surface area contributed by atoms with Gasteiger partial charge in [0.25, 0.3) is 5.91 Å². The number of halogens is 1. The molecule has 0 bridgehead atoms. The fraction of sp³-hybridized carbons (Fsp3) is 0.559. The number of pyridine rings is 1. The molecule has 3 heterocycles. The van der Waals surface area contributed by atoms with E-state index in [-0.39, 0.29) is 41.3 Å². The molecule has 0 atom stereocenters. The lowest BCUT2D eigenvalue weighted by atomic mass is 9.84. The zero-order chi connectivity index (χ0) is 32.5. The Morgan fingerprint density at radius 1 is 1.00 bits per heavy atom. The van der Waals surface area contributed by atoms with Crippen molar-refractivity contribution < 1.29 is 22.4 Å². The van der Waals surface area contributed by atoms with Crippen molar-refractivity contribution >= 4 is 32.6 Å². The Bertz CT molecular complexity index is 1630. The largest absolute Gasteiger partial charge is 0.334 e. The van der Waals surface area contributed by atoms with Gasteiger partial charge in [-0.25, -0.2) is 17.5 Å². The predicted octanol–water partition coefficient (Wildman–Crippen LogP) is 5.43. The minimum Gasteiger partial charge on any atom is -0.334 e. The molecule has 1 saturated carbocycles. The number of carbonyl (C=O) groups excluding carboxylic acids is 2. The van der Waals surface area contributed by atoms with Crippen LogP contribution in [0.25, 0.3) is 16.6 Å². The van der Waals surface area contributed by atoms with E-state index in [1.54, 1.807) is 29.6 Å². The van der Waals surface area contributed by atoms with Crippen LogP contribution in [-0.2, 0) is 10.0 Å². The molecular weight excluding hydrogens is 593 g/mol. The molecule has 0 unspecified atom stereocenters. The van der Waals surface area contributed by atoms with Crippen molar-refractivity contribution in [1.82, 2.24) is 24.1 Å². The minimum absolute atomic E-state index is 0.0328. The first-order chi connectivity index (χ1) is 21.3. The number of nitrogens with one attached hydrogen (secondary N) is 1. The Labute approximate surface area is 266 Å². The van der Waals surface area contributed by atoms with Crippen LogP contribution in [0.5, 0.6) is 0 Å². The van der Waals surface area contributed by atoms with Crippen molar-refractivity contribution in [3.8, 4) is 5.69 Å². The van der Waals surface area contributed by atoms with Gasteiger partial charge < -0.3 is 14.4 Å². The van der Waals surface area contributed by atoms with E-state index < -0.39 is 15.8 Å². The SMILES string of the molecule is CC(C)N(C(=O)c1cc(F)ccc1-n1cc(C(=O)C2CCN(CC3CCC(NS(C)(=O)=O)CC3)CC2)c2ccncc21)C(C)C. The van der Waals surface area contributed by atoms with Crippen LogP contribution in [0, 0.1) is 17.7 Å². The highest BCUT2D eigenvalue weighted by Gasteiger charge is 2.31. The second-order valence-corrected chi connectivity index (χ2v) is 15.2. The van der Waals surface area contributed by atoms with Gasteiger partial charge in [0, 0.05) is 53.9 Å². The first-order valence-electron chi connectivity index (χ1n) is 16.1. The smallest absolute Gasteiger partial charge is 0.256 e. The van der Waals surface area contributed by atoms with Gasteiger partial charge in [0.15, 0.2) is 5.78 Å². The average Bonchev–Trinajstić information content (AvgIpc) is 3.36. The van der Waals surface area contributed by atoms with Gasteiger partial charge in [-0.1, -0.05) is 0 Å². The molecule has 0 spiro atoms. The van der Waals surface area contributed by atoms with Crippen LogP contribution in [0.3, 0.4) is 0 Å². The summed E-state index contributed by atoms with van der Waals surface area (Å²) in [5.41, 5.74) is 2.04. The third-order valence-electron chi connectivity index (χ3n) is 9.37. The van der Waals surface area contributed by atoms with Crippen molar-refractivity contribution in [3.63, 3.8) is 0 Å². The summed E-state index contributed by atoms with van der Waals surface area (Å²) in [6.07, 6.45) is 11.6. The number of aromatic nitrogens is 2. The second-order valence-electron chi connectivity index (χ2n) is 13.4. The lowest BCUT2D eigenvalue weighted by molar-refractivity contribution is 0.0643. The molecule has 1 aliphatic heterocycles. The molecule has 0 radical (unpaired) electrons. The Hall–Kier alpha value is -3.15. The first-order valence-corrected chi connectivity index (χ1v) is 18.0. The van der Waals surface area contributed by atoms with E-state index in [1.807, 2.05) is 38.3 Å². The quantitative estimate of drug-likeness (QED) is 0.297. The number of carbonyl (C=O) groups is 2. The van der Waals surface area contributed by atoms with Gasteiger partial charge in [-0.05, 0) is 109 Å². The van der Waals surface area contributed by atoms with Crippen molar-refractivity contribution in [2.75, 3.05) is 25.9 Å². The third kappa shape index (κ3) is 7.64. The fourth-order valence-electron chi connectivity index (χ4n) is 7.29. The molecule has 2 aromatic heterocycles. The van der Waals surface area contributed by atoms with Gasteiger partial charge >= 0.3 is 0 Å². The number of hydrogen-bond acceptors (Lipinski definition) is 6. The lowest BCUT2D eigenvalue weighted by Crippen LogP contribution is -2.42. The summed E-state index contributed by atoms with van der Waals surface area (Å²) < 4.78 is 42.3. The van der Waals surface area contributed by atoms with Crippen molar-refractivity contribution in [2.45, 2.75) is 84.3 Å². The average molecular weight is 640 g/mol. The van der Waals surface area contributed by atoms with E-state index in [4.69, 9.17) is 0 Å². The molecule has 1 N–H and O–H groups in total. The molecule has 45 heavy (non-hydrogen) atoms. The molecule has 2 fully saturated rings. The highest BCUT2D eigenvalue weighted by Crippen LogP contribution is 2.32. The van der Waals surface area contributed by atoms with Crippen LogP contribution in [-0.4, -0.2) is 83.5 Å². The van der Waals surface area contributed by atoms with Crippen LogP contribution >= 0.6 is 0 Å². The number of fused-ring (bicyclic) bond motifs is 1. The summed E-state index contributed by atoms with van der Waals surface area (Å²) in [5, 5.41) is 0.768. The molecule has 3 aromatic rings. The maximum absolute atomic E-state index is 14.6. The number of benzene rings is 1. The number of rotatable bonds is 10. The summed E-state index contributed by atoms with van der Waals surface area (Å²) in [4.78, 5) is 36.3. The number of piperidine rings is 1. The van der Waals surface area contributed by atoms with Crippen molar-refractivity contribution in [2.24, 2.45) is 11.8 Å². The number of ketones is 1. The van der Waals surface area contributed by atoms with E-state index in [0.29, 0.717) is 22.7 Å². The number of Topliss-reactive ketones (excluding diaryl/α,β-unsaturated/α-hetero) is 1. The van der Waals surface area contributed by atoms with Gasteiger partial charge in [0.05, 0.1) is 29.2 Å². The summed E-state index contributed by atoms with van der Waals surface area (Å²) in [7, 11) is -3.18. The van der Waals surface area contributed by atoms with E-state index in [0.717, 1.165) is 63.5 Å². The maximum Gasteiger partial charge on any atom is 0.256 e. The highest BCUT2D eigenvalue weighted by atomic mass is 32.2. The van der Waals surface area contributed by atoms with Gasteiger partial charge in [-0.2, -0.15) is 0 Å². The minimum atomic E-state index is -3.18. The molecular formula is C34H46FN5O4S. The Balaban J connectivity index is 1.32. The number of amides is 1. The normalized spacial score (nSPS) is 20.3. The third-order valence-corrected chi connectivity index (χ3v) is 10.1. The zero-order valence-corrected chi connectivity index (χ0v) is 27.8. The van der Waals surface area contributed by atoms with Gasteiger partial charge in [-0.3, -0.25) is 14.6 Å². The monoisotopic (exact) mass is 639 g/mol. The van der Waals surface area contributed by atoms with Gasteiger partial charge in [-0.15, -0.1) is 0 Å². The van der Waals surface area contributed by atoms with Crippen LogP contribution in [0.4, 0.5) is 4.39 Å². The Kier molecular flexibility index (Phi) is 10.1. The van der Waals surface area contributed by atoms with Gasteiger partial charge in [0.1, 0.15) is 5.82 Å². The van der Waals surface area contributed by atoms with Crippen molar-refractivity contribution in [1.29, 1.82) is 0 Å². The molecule has 244 valence electrons. The number of hydrogen-bond donors (Lipinski definition) is 1. The van der Waals surface area contributed by atoms with Crippen LogP contribution in [0.1, 0.15) is 86.9 Å². The van der Waals surface area contributed by atoms with E-state index in [2.05, 4.69) is 14.6 Å². The van der Waals surface area contributed by atoms with Crippen molar-refractivity contribution in [3.05, 3.63) is 59.8 Å². The Morgan fingerprint density at radius 3 is 2.29 bits per heavy atom.